The molecule has 0 aliphatic heterocycles. The third kappa shape index (κ3) is 3.57. The number of aliphatic carboxylic acids is 1. The van der Waals surface area contributed by atoms with Crippen LogP contribution in [0.3, 0.4) is 0 Å². The highest BCUT2D eigenvalue weighted by Gasteiger charge is 2.24. The number of amides is 2. The van der Waals surface area contributed by atoms with Gasteiger partial charge in [0.1, 0.15) is 5.82 Å². The molecule has 5 nitrogen and oxygen atoms in total. The number of carbonyl (C=O) groups excluding carboxylic acids is 1. The van der Waals surface area contributed by atoms with Crippen LogP contribution in [-0.2, 0) is 4.79 Å². The van der Waals surface area contributed by atoms with E-state index in [4.69, 9.17) is 0 Å². The monoisotopic (exact) mass is 308 g/mol. The molecule has 0 fully saturated rings. The Morgan fingerprint density at radius 2 is 2.10 bits per heavy atom. The number of rotatable bonds is 4. The number of carbonyl (C=O) groups is 2. The van der Waals surface area contributed by atoms with Gasteiger partial charge in [0.2, 0.25) is 0 Å². The van der Waals surface area contributed by atoms with Crippen LogP contribution in [0, 0.1) is 5.82 Å². The maximum absolute atomic E-state index is 13.2. The van der Waals surface area contributed by atoms with Crippen molar-refractivity contribution in [2.75, 3.05) is 11.9 Å². The molecule has 0 aliphatic carbocycles. The fourth-order valence-electron chi connectivity index (χ4n) is 1.73. The fourth-order valence-corrected chi connectivity index (χ4v) is 2.50. The molecule has 7 heteroatoms. The Morgan fingerprint density at radius 3 is 2.67 bits per heavy atom. The zero-order valence-electron chi connectivity index (χ0n) is 11.1. The van der Waals surface area contributed by atoms with Crippen LogP contribution in [0.15, 0.2) is 41.8 Å². The van der Waals surface area contributed by atoms with Crippen molar-refractivity contribution in [1.29, 1.82) is 0 Å². The number of nitrogens with zero attached hydrogens (tertiary/aromatic N) is 1. The van der Waals surface area contributed by atoms with Crippen LogP contribution in [0.5, 0.6) is 0 Å². The molecule has 0 spiro atoms. The second-order valence-electron chi connectivity index (χ2n) is 4.28. The summed E-state index contributed by atoms with van der Waals surface area (Å²) in [7, 11) is 1.44. The van der Waals surface area contributed by atoms with Gasteiger partial charge in [-0.1, -0.05) is 12.1 Å². The lowest BCUT2D eigenvalue weighted by Crippen LogP contribution is -2.41. The Balaban J connectivity index is 2.14. The van der Waals surface area contributed by atoms with Gasteiger partial charge in [0.05, 0.1) is 0 Å². The summed E-state index contributed by atoms with van der Waals surface area (Å²) >= 11 is 1.24. The van der Waals surface area contributed by atoms with Crippen molar-refractivity contribution in [3.05, 3.63) is 52.5 Å². The molecule has 110 valence electrons. The van der Waals surface area contributed by atoms with Crippen LogP contribution in [0.2, 0.25) is 0 Å². The average Bonchev–Trinajstić information content (AvgIpc) is 2.97. The van der Waals surface area contributed by atoms with Gasteiger partial charge in [0.15, 0.2) is 6.04 Å². The van der Waals surface area contributed by atoms with E-state index in [9.17, 15) is 19.1 Å². The molecule has 1 aromatic carbocycles. The van der Waals surface area contributed by atoms with Crippen molar-refractivity contribution in [2.24, 2.45) is 0 Å². The van der Waals surface area contributed by atoms with Gasteiger partial charge < -0.3 is 10.4 Å². The normalized spacial score (nSPS) is 11.7. The van der Waals surface area contributed by atoms with Gasteiger partial charge in [-0.2, -0.15) is 0 Å². The number of urea groups is 1. The highest BCUT2D eigenvalue weighted by molar-refractivity contribution is 7.10. The van der Waals surface area contributed by atoms with E-state index in [-0.39, 0.29) is 0 Å². The van der Waals surface area contributed by atoms with Crippen molar-refractivity contribution >= 4 is 29.0 Å². The van der Waals surface area contributed by atoms with Gasteiger partial charge in [0, 0.05) is 17.6 Å². The first-order valence-corrected chi connectivity index (χ1v) is 6.93. The summed E-state index contributed by atoms with van der Waals surface area (Å²) in [5.74, 6) is -1.63. The minimum absolute atomic E-state index is 0.336. The first-order valence-electron chi connectivity index (χ1n) is 6.05. The number of anilines is 1. The van der Waals surface area contributed by atoms with E-state index in [1.54, 1.807) is 23.6 Å². The fraction of sp³-hybridized carbons (Fsp3) is 0.143. The summed E-state index contributed by atoms with van der Waals surface area (Å²) in [6.45, 7) is 0. The van der Waals surface area contributed by atoms with Gasteiger partial charge in [-0.3, -0.25) is 4.90 Å². The Hall–Kier alpha value is -2.41. The van der Waals surface area contributed by atoms with E-state index >= 15 is 0 Å². The van der Waals surface area contributed by atoms with Gasteiger partial charge in [-0.05, 0) is 29.6 Å². The molecule has 1 atom stereocenters. The zero-order valence-corrected chi connectivity index (χ0v) is 11.9. The predicted octanol–water partition coefficient (Wildman–Crippen LogP) is 2.86. The van der Waals surface area contributed by atoms with E-state index in [0.717, 1.165) is 4.90 Å². The van der Waals surface area contributed by atoms with Crippen molar-refractivity contribution in [3.63, 3.8) is 0 Å². The summed E-state index contributed by atoms with van der Waals surface area (Å²) in [6, 6.07) is 7.08. The molecular formula is C14H13FN2O3S. The van der Waals surface area contributed by atoms with Crippen LogP contribution in [0.4, 0.5) is 14.9 Å². The third-order valence-electron chi connectivity index (χ3n) is 2.84. The molecule has 0 radical (unpaired) electrons. The van der Waals surface area contributed by atoms with Crippen molar-refractivity contribution in [1.82, 2.24) is 5.32 Å². The van der Waals surface area contributed by atoms with E-state index in [2.05, 4.69) is 5.32 Å². The molecule has 0 saturated heterocycles. The third-order valence-corrected chi connectivity index (χ3v) is 3.78. The van der Waals surface area contributed by atoms with E-state index in [0.29, 0.717) is 10.6 Å². The Morgan fingerprint density at radius 1 is 1.33 bits per heavy atom. The lowest BCUT2D eigenvalue weighted by molar-refractivity contribution is -0.139. The lowest BCUT2D eigenvalue weighted by atomic mass is 10.2. The largest absolute Gasteiger partial charge is 0.479 e. The Labute approximate surface area is 124 Å². The van der Waals surface area contributed by atoms with Gasteiger partial charge in [0.25, 0.3) is 0 Å². The number of benzene rings is 1. The molecule has 2 N–H and O–H groups in total. The lowest BCUT2D eigenvalue weighted by Gasteiger charge is -2.21. The molecule has 1 unspecified atom stereocenters. The van der Waals surface area contributed by atoms with Crippen LogP contribution in [-0.4, -0.2) is 24.2 Å². The standard InChI is InChI=1S/C14H13FN2O3S/c1-17(10-5-2-4-9(15)8-10)14(20)16-12(13(18)19)11-6-3-7-21-11/h2-8,12H,1H3,(H,16,20)(H,18,19). The molecule has 0 bridgehead atoms. The number of carboxylic acids is 1. The van der Waals surface area contributed by atoms with Gasteiger partial charge in [-0.15, -0.1) is 11.3 Å². The first-order chi connectivity index (χ1) is 9.99. The first kappa shape index (κ1) is 15.0. The summed E-state index contributed by atoms with van der Waals surface area (Å²) < 4.78 is 13.2. The van der Waals surface area contributed by atoms with Gasteiger partial charge in [-0.25, -0.2) is 14.0 Å². The average molecular weight is 308 g/mol. The highest BCUT2D eigenvalue weighted by atomic mass is 32.1. The second-order valence-corrected chi connectivity index (χ2v) is 5.25. The van der Waals surface area contributed by atoms with Crippen LogP contribution in [0.1, 0.15) is 10.9 Å². The topological polar surface area (TPSA) is 69.6 Å². The van der Waals surface area contributed by atoms with Crippen LogP contribution >= 0.6 is 11.3 Å². The van der Waals surface area contributed by atoms with Gasteiger partial charge >= 0.3 is 12.0 Å². The van der Waals surface area contributed by atoms with E-state index in [1.807, 2.05) is 0 Å². The molecule has 2 aromatic rings. The molecule has 1 heterocycles. The Kier molecular flexibility index (Phi) is 4.54. The minimum Gasteiger partial charge on any atom is -0.479 e. The number of nitrogens with one attached hydrogen (secondary N) is 1. The second kappa shape index (κ2) is 6.36. The van der Waals surface area contributed by atoms with Crippen LogP contribution < -0.4 is 10.2 Å². The molecule has 0 aliphatic rings. The quantitative estimate of drug-likeness (QED) is 0.912. The number of halogens is 1. The minimum atomic E-state index is -1.15. The number of hydrogen-bond acceptors (Lipinski definition) is 3. The molecule has 1 aromatic heterocycles. The molecular weight excluding hydrogens is 295 g/mol. The summed E-state index contributed by atoms with van der Waals surface area (Å²) in [4.78, 5) is 25.0. The summed E-state index contributed by atoms with van der Waals surface area (Å²) in [5.41, 5.74) is 0.336. The number of hydrogen-bond donors (Lipinski definition) is 2. The number of thiophene rings is 1. The Bertz CT molecular complexity index is 645. The van der Waals surface area contributed by atoms with E-state index < -0.39 is 23.9 Å². The SMILES string of the molecule is CN(C(=O)NC(C(=O)O)c1cccs1)c1cccc(F)c1. The molecule has 21 heavy (non-hydrogen) atoms. The molecule has 2 amide bonds. The van der Waals surface area contributed by atoms with Crippen LogP contribution in [0.25, 0.3) is 0 Å². The maximum Gasteiger partial charge on any atom is 0.331 e. The highest BCUT2D eigenvalue weighted by Crippen LogP contribution is 2.20. The molecule has 2 rings (SSSR count). The summed E-state index contributed by atoms with van der Waals surface area (Å²) in [6.07, 6.45) is 0. The van der Waals surface area contributed by atoms with Crippen molar-refractivity contribution in [3.8, 4) is 0 Å². The van der Waals surface area contributed by atoms with Crippen molar-refractivity contribution in [2.45, 2.75) is 6.04 Å². The van der Waals surface area contributed by atoms with E-state index in [1.165, 1.54) is 36.6 Å². The predicted molar refractivity (Wildman–Crippen MR) is 78.0 cm³/mol. The smallest absolute Gasteiger partial charge is 0.331 e. The molecule has 0 saturated carbocycles. The summed E-state index contributed by atoms with van der Waals surface area (Å²) in [5, 5.41) is 13.3. The van der Waals surface area contributed by atoms with Crippen molar-refractivity contribution < 1.29 is 19.1 Å². The zero-order chi connectivity index (χ0) is 15.4. The number of carboxylic acid groups (broad SMARTS) is 1. The maximum atomic E-state index is 13.2.